The van der Waals surface area contributed by atoms with Gasteiger partial charge in [-0.15, -0.1) is 0 Å². The molecule has 1 aromatic rings. The number of hydrogen-bond acceptors (Lipinski definition) is 5. The molecule has 1 aliphatic carbocycles. The van der Waals surface area contributed by atoms with Crippen LogP contribution in [-0.2, 0) is 22.7 Å². The summed E-state index contributed by atoms with van der Waals surface area (Å²) >= 11 is 0. The van der Waals surface area contributed by atoms with Crippen LogP contribution >= 0.6 is 0 Å². The molecule has 4 aliphatic rings. The van der Waals surface area contributed by atoms with Gasteiger partial charge >= 0.3 is 0 Å². The van der Waals surface area contributed by atoms with E-state index in [0.29, 0.717) is 13.0 Å². The zero-order chi connectivity index (χ0) is 19.4. The average Bonchev–Trinajstić information content (AvgIpc) is 2.99. The largest absolute Gasteiger partial charge is 0.322 e. The van der Waals surface area contributed by atoms with Crippen molar-refractivity contribution in [2.75, 3.05) is 26.7 Å². The molecule has 5 rings (SSSR count). The van der Waals surface area contributed by atoms with E-state index in [0.717, 1.165) is 60.6 Å². The molecule has 2 N–H and O–H groups in total. The third kappa shape index (κ3) is 2.93. The van der Waals surface area contributed by atoms with E-state index < -0.39 is 6.04 Å². The van der Waals surface area contributed by atoms with Crippen molar-refractivity contribution in [3.63, 3.8) is 0 Å². The molecule has 0 bridgehead atoms. The smallest absolute Gasteiger partial charge is 0.255 e. The first kappa shape index (κ1) is 17.8. The van der Waals surface area contributed by atoms with Crippen LogP contribution in [0, 0.1) is 17.8 Å². The standard InChI is InChI=1S/C21H26N4O3/c1-24(11-16-14-7-22-8-15(14)16)9-12-3-2-4-13-10-25(21(28)19(12)13)17-5-6-18(26)23-20(17)27/h2-4,14-17,22H,5-11H2,1H3,(H,23,26,27)/t14-,15+,16?,17?. The molecule has 28 heavy (non-hydrogen) atoms. The highest BCUT2D eigenvalue weighted by Gasteiger charge is 2.52. The number of piperidine rings is 2. The zero-order valence-corrected chi connectivity index (χ0v) is 16.1. The van der Waals surface area contributed by atoms with Crippen LogP contribution in [0.4, 0.5) is 0 Å². The topological polar surface area (TPSA) is 81.8 Å². The van der Waals surface area contributed by atoms with Gasteiger partial charge in [-0.3, -0.25) is 19.7 Å². The molecule has 0 spiro atoms. The lowest BCUT2D eigenvalue weighted by atomic mass is 10.0. The van der Waals surface area contributed by atoms with Crippen molar-refractivity contribution in [1.82, 2.24) is 20.4 Å². The highest BCUT2D eigenvalue weighted by atomic mass is 16.2. The van der Waals surface area contributed by atoms with Crippen LogP contribution in [0.2, 0.25) is 0 Å². The van der Waals surface area contributed by atoms with E-state index in [1.54, 1.807) is 4.90 Å². The van der Waals surface area contributed by atoms with E-state index in [1.165, 1.54) is 0 Å². The van der Waals surface area contributed by atoms with E-state index in [-0.39, 0.29) is 24.1 Å². The van der Waals surface area contributed by atoms with Crippen molar-refractivity contribution in [2.24, 2.45) is 17.8 Å². The molecular formula is C21H26N4O3. The van der Waals surface area contributed by atoms with Crippen LogP contribution in [0.15, 0.2) is 18.2 Å². The Balaban J connectivity index is 1.30. The van der Waals surface area contributed by atoms with Crippen molar-refractivity contribution in [3.8, 4) is 0 Å². The Kier molecular flexibility index (Phi) is 4.25. The van der Waals surface area contributed by atoms with Gasteiger partial charge in [-0.1, -0.05) is 18.2 Å². The molecule has 148 valence electrons. The van der Waals surface area contributed by atoms with Crippen LogP contribution < -0.4 is 10.6 Å². The maximum Gasteiger partial charge on any atom is 0.255 e. The van der Waals surface area contributed by atoms with Crippen LogP contribution in [0.5, 0.6) is 0 Å². The summed E-state index contributed by atoms with van der Waals surface area (Å²) in [6.45, 7) is 4.52. The van der Waals surface area contributed by atoms with Gasteiger partial charge in [0.1, 0.15) is 6.04 Å². The minimum absolute atomic E-state index is 0.0824. The van der Waals surface area contributed by atoms with E-state index in [2.05, 4.69) is 22.6 Å². The number of benzene rings is 1. The number of nitrogens with zero attached hydrogens (tertiary/aromatic N) is 2. The normalized spacial score (nSPS) is 31.2. The summed E-state index contributed by atoms with van der Waals surface area (Å²) in [5, 5.41) is 5.80. The third-order valence-corrected chi connectivity index (χ3v) is 6.87. The molecular weight excluding hydrogens is 356 g/mol. The second kappa shape index (κ2) is 6.67. The van der Waals surface area contributed by atoms with Crippen molar-refractivity contribution in [2.45, 2.75) is 32.0 Å². The molecule has 3 aliphatic heterocycles. The van der Waals surface area contributed by atoms with Crippen molar-refractivity contribution in [3.05, 3.63) is 34.9 Å². The molecule has 4 atom stereocenters. The minimum atomic E-state index is -0.554. The molecule has 7 nitrogen and oxygen atoms in total. The lowest BCUT2D eigenvalue weighted by molar-refractivity contribution is -0.136. The molecule has 3 heterocycles. The van der Waals surface area contributed by atoms with Gasteiger partial charge in [-0.25, -0.2) is 0 Å². The van der Waals surface area contributed by atoms with Crippen LogP contribution in [0.3, 0.4) is 0 Å². The first-order valence-corrected chi connectivity index (χ1v) is 10.2. The van der Waals surface area contributed by atoms with Crippen LogP contribution in [0.25, 0.3) is 0 Å². The van der Waals surface area contributed by atoms with Crippen molar-refractivity contribution < 1.29 is 14.4 Å². The molecule has 0 aromatic heterocycles. The molecule has 2 saturated heterocycles. The molecule has 0 radical (unpaired) electrons. The fraction of sp³-hybridized carbons (Fsp3) is 0.571. The summed E-state index contributed by atoms with van der Waals surface area (Å²) in [5.41, 5.74) is 2.76. The predicted octanol–water partition coefficient (Wildman–Crippen LogP) is 0.345. The second-order valence-corrected chi connectivity index (χ2v) is 8.70. The van der Waals surface area contributed by atoms with Gasteiger partial charge in [0.2, 0.25) is 11.8 Å². The Hall–Kier alpha value is -2.25. The maximum absolute atomic E-state index is 13.2. The summed E-state index contributed by atoms with van der Waals surface area (Å²) in [6.07, 6.45) is 0.683. The number of hydrogen-bond donors (Lipinski definition) is 2. The van der Waals surface area contributed by atoms with E-state index in [4.69, 9.17) is 0 Å². The number of rotatable bonds is 5. The first-order chi connectivity index (χ1) is 13.5. The highest BCUT2D eigenvalue weighted by molar-refractivity contribution is 6.05. The number of fused-ring (bicyclic) bond motifs is 2. The van der Waals surface area contributed by atoms with Crippen LogP contribution in [-0.4, -0.2) is 60.2 Å². The number of carbonyl (C=O) groups is 3. The Labute approximate surface area is 164 Å². The Morgan fingerprint density at radius 3 is 2.71 bits per heavy atom. The number of amides is 3. The Morgan fingerprint density at radius 2 is 1.96 bits per heavy atom. The van der Waals surface area contributed by atoms with Gasteiger partial charge in [0.25, 0.3) is 5.91 Å². The monoisotopic (exact) mass is 382 g/mol. The van der Waals surface area contributed by atoms with Crippen LogP contribution in [0.1, 0.15) is 34.3 Å². The lowest BCUT2D eigenvalue weighted by Gasteiger charge is -2.29. The lowest BCUT2D eigenvalue weighted by Crippen LogP contribution is -2.52. The van der Waals surface area contributed by atoms with Gasteiger partial charge in [-0.05, 0) is 55.4 Å². The quantitative estimate of drug-likeness (QED) is 0.718. The Morgan fingerprint density at radius 1 is 1.18 bits per heavy atom. The summed E-state index contributed by atoms with van der Waals surface area (Å²) < 4.78 is 0. The summed E-state index contributed by atoms with van der Waals surface area (Å²) in [7, 11) is 2.12. The molecule has 7 heteroatoms. The molecule has 1 aromatic carbocycles. The third-order valence-electron chi connectivity index (χ3n) is 6.87. The maximum atomic E-state index is 13.2. The fourth-order valence-electron chi connectivity index (χ4n) is 5.35. The van der Waals surface area contributed by atoms with E-state index in [9.17, 15) is 14.4 Å². The highest BCUT2D eigenvalue weighted by Crippen LogP contribution is 2.48. The average molecular weight is 382 g/mol. The van der Waals surface area contributed by atoms with E-state index in [1.807, 2.05) is 18.2 Å². The summed E-state index contributed by atoms with van der Waals surface area (Å²) in [4.78, 5) is 40.8. The van der Waals surface area contributed by atoms with Gasteiger partial charge in [0.15, 0.2) is 0 Å². The number of carbonyl (C=O) groups excluding carboxylic acids is 3. The van der Waals surface area contributed by atoms with Gasteiger partial charge in [0, 0.05) is 31.6 Å². The van der Waals surface area contributed by atoms with Gasteiger partial charge in [0.05, 0.1) is 0 Å². The summed E-state index contributed by atoms with van der Waals surface area (Å²) in [5.74, 6) is 1.74. The van der Waals surface area contributed by atoms with Crippen molar-refractivity contribution in [1.29, 1.82) is 0 Å². The Bertz CT molecular complexity index is 844. The minimum Gasteiger partial charge on any atom is -0.322 e. The SMILES string of the molecule is CN(Cc1cccc2c1C(=O)N(C1CCC(=O)NC1=O)C2)CC1[C@H]2CNC[C@@H]12. The molecule has 2 unspecified atom stereocenters. The number of imide groups is 1. The molecule has 3 fully saturated rings. The van der Waals surface area contributed by atoms with E-state index >= 15 is 0 Å². The second-order valence-electron chi connectivity index (χ2n) is 8.70. The van der Waals surface area contributed by atoms with Gasteiger partial charge in [-0.2, -0.15) is 0 Å². The van der Waals surface area contributed by atoms with Crippen molar-refractivity contribution >= 4 is 17.7 Å². The zero-order valence-electron chi connectivity index (χ0n) is 16.1. The predicted molar refractivity (Wildman–Crippen MR) is 102 cm³/mol. The van der Waals surface area contributed by atoms with Gasteiger partial charge < -0.3 is 15.1 Å². The molecule has 1 saturated carbocycles. The fourth-order valence-corrected chi connectivity index (χ4v) is 5.35. The molecule has 3 amide bonds. The number of nitrogens with one attached hydrogen (secondary N) is 2. The summed E-state index contributed by atoms with van der Waals surface area (Å²) in [6, 6.07) is 5.44. The first-order valence-electron chi connectivity index (χ1n) is 10.2.